The van der Waals surface area contributed by atoms with Gasteiger partial charge < -0.3 is 15.5 Å². The number of hydrogen-bond donors (Lipinski definition) is 2. The minimum atomic E-state index is -0.571. The van der Waals surface area contributed by atoms with Crippen molar-refractivity contribution in [2.75, 3.05) is 50.7 Å². The van der Waals surface area contributed by atoms with Crippen molar-refractivity contribution in [2.45, 2.75) is 19.8 Å². The summed E-state index contributed by atoms with van der Waals surface area (Å²) >= 11 is 0. The standard InChI is InChI=1S/C18H27FN4O2/c1-2-8-20-17(24)18(25)21-9-5-10-22-11-13-23(14-12-22)16-7-4-3-6-15(16)19/h3-4,6-7H,2,5,8-14H2,1H3,(H,20,24)(H,21,25). The Kier molecular flexibility index (Phi) is 7.66. The zero-order valence-corrected chi connectivity index (χ0v) is 14.8. The molecule has 7 heteroatoms. The van der Waals surface area contributed by atoms with Crippen LogP contribution in [0.4, 0.5) is 10.1 Å². The molecule has 0 bridgehead atoms. The van der Waals surface area contributed by atoms with Crippen LogP contribution in [-0.4, -0.2) is 62.5 Å². The van der Waals surface area contributed by atoms with Crippen LogP contribution >= 0.6 is 0 Å². The van der Waals surface area contributed by atoms with Gasteiger partial charge in [0.05, 0.1) is 5.69 Å². The Hall–Kier alpha value is -2.15. The molecular formula is C18H27FN4O2. The first-order valence-corrected chi connectivity index (χ1v) is 8.89. The molecule has 0 radical (unpaired) electrons. The van der Waals surface area contributed by atoms with Gasteiger partial charge >= 0.3 is 11.8 Å². The second kappa shape index (κ2) is 9.98. The lowest BCUT2D eigenvalue weighted by molar-refractivity contribution is -0.139. The molecule has 2 N–H and O–H groups in total. The number of carbonyl (C=O) groups excluding carboxylic acids is 2. The maximum atomic E-state index is 13.8. The minimum absolute atomic E-state index is 0.181. The molecule has 25 heavy (non-hydrogen) atoms. The number of rotatable bonds is 7. The summed E-state index contributed by atoms with van der Waals surface area (Å²) in [6.45, 7) is 7.06. The van der Waals surface area contributed by atoms with E-state index in [-0.39, 0.29) is 5.82 Å². The molecule has 1 saturated heterocycles. The van der Waals surface area contributed by atoms with Crippen LogP contribution < -0.4 is 15.5 Å². The molecule has 0 unspecified atom stereocenters. The molecule has 1 aromatic rings. The van der Waals surface area contributed by atoms with Gasteiger partial charge in [0.1, 0.15) is 5.82 Å². The number of halogens is 1. The van der Waals surface area contributed by atoms with E-state index in [9.17, 15) is 14.0 Å². The van der Waals surface area contributed by atoms with Gasteiger partial charge in [0, 0.05) is 39.3 Å². The van der Waals surface area contributed by atoms with Crippen molar-refractivity contribution >= 4 is 17.5 Å². The van der Waals surface area contributed by atoms with Crippen LogP contribution in [-0.2, 0) is 9.59 Å². The van der Waals surface area contributed by atoms with Crippen LogP contribution in [0.25, 0.3) is 0 Å². The van der Waals surface area contributed by atoms with E-state index < -0.39 is 11.8 Å². The molecule has 0 saturated carbocycles. The number of benzene rings is 1. The Morgan fingerprint density at radius 2 is 1.68 bits per heavy atom. The molecule has 0 atom stereocenters. The number of nitrogens with zero attached hydrogens (tertiary/aromatic N) is 2. The molecular weight excluding hydrogens is 323 g/mol. The van der Waals surface area contributed by atoms with Gasteiger partial charge in [-0.15, -0.1) is 0 Å². The van der Waals surface area contributed by atoms with E-state index in [1.54, 1.807) is 6.07 Å². The lowest BCUT2D eigenvalue weighted by Gasteiger charge is -2.36. The average Bonchev–Trinajstić information content (AvgIpc) is 2.64. The van der Waals surface area contributed by atoms with Crippen LogP contribution in [0.2, 0.25) is 0 Å². The molecule has 138 valence electrons. The van der Waals surface area contributed by atoms with Gasteiger partial charge in [-0.05, 0) is 31.5 Å². The summed E-state index contributed by atoms with van der Waals surface area (Å²) in [6.07, 6.45) is 1.59. The van der Waals surface area contributed by atoms with Crippen LogP contribution in [0.3, 0.4) is 0 Å². The van der Waals surface area contributed by atoms with Gasteiger partial charge in [-0.2, -0.15) is 0 Å². The second-order valence-corrected chi connectivity index (χ2v) is 6.15. The molecule has 1 heterocycles. The van der Waals surface area contributed by atoms with Crippen LogP contribution in [0, 0.1) is 5.82 Å². The van der Waals surface area contributed by atoms with Crippen LogP contribution in [0.1, 0.15) is 19.8 Å². The van der Waals surface area contributed by atoms with Crippen LogP contribution in [0.15, 0.2) is 24.3 Å². The monoisotopic (exact) mass is 350 g/mol. The summed E-state index contributed by atoms with van der Waals surface area (Å²) in [5.74, 6) is -1.32. The van der Waals surface area contributed by atoms with E-state index in [1.807, 2.05) is 19.1 Å². The topological polar surface area (TPSA) is 64.7 Å². The highest BCUT2D eigenvalue weighted by Gasteiger charge is 2.19. The number of anilines is 1. The molecule has 1 fully saturated rings. The number of amides is 2. The lowest BCUT2D eigenvalue weighted by Crippen LogP contribution is -2.47. The maximum absolute atomic E-state index is 13.8. The van der Waals surface area contributed by atoms with Crippen molar-refractivity contribution in [2.24, 2.45) is 0 Å². The Morgan fingerprint density at radius 3 is 2.32 bits per heavy atom. The summed E-state index contributed by atoms with van der Waals surface area (Å²) in [4.78, 5) is 27.3. The number of para-hydroxylation sites is 1. The summed E-state index contributed by atoms with van der Waals surface area (Å²) < 4.78 is 13.8. The Labute approximate surface area is 148 Å². The summed E-state index contributed by atoms with van der Waals surface area (Å²) in [5, 5.41) is 5.19. The Balaban J connectivity index is 1.62. The van der Waals surface area contributed by atoms with E-state index in [4.69, 9.17) is 0 Å². The van der Waals surface area contributed by atoms with E-state index in [0.29, 0.717) is 18.8 Å². The molecule has 2 amide bonds. The zero-order chi connectivity index (χ0) is 18.1. The van der Waals surface area contributed by atoms with Crippen molar-refractivity contribution < 1.29 is 14.0 Å². The number of nitrogens with one attached hydrogen (secondary N) is 2. The van der Waals surface area contributed by atoms with E-state index in [2.05, 4.69) is 20.4 Å². The fraction of sp³-hybridized carbons (Fsp3) is 0.556. The fourth-order valence-electron chi connectivity index (χ4n) is 2.82. The van der Waals surface area contributed by atoms with Gasteiger partial charge in [-0.3, -0.25) is 14.5 Å². The third-order valence-electron chi connectivity index (χ3n) is 4.24. The smallest absolute Gasteiger partial charge is 0.309 e. The van der Waals surface area contributed by atoms with Crippen molar-refractivity contribution in [1.29, 1.82) is 0 Å². The predicted octanol–water partition coefficient (Wildman–Crippen LogP) is 0.980. The SMILES string of the molecule is CCCNC(=O)C(=O)NCCCN1CCN(c2ccccc2F)CC1. The van der Waals surface area contributed by atoms with Gasteiger partial charge in [-0.25, -0.2) is 4.39 Å². The first-order valence-electron chi connectivity index (χ1n) is 8.89. The summed E-state index contributed by atoms with van der Waals surface area (Å²) in [6, 6.07) is 6.85. The Bertz CT molecular complexity index is 574. The molecule has 6 nitrogen and oxygen atoms in total. The quantitative estimate of drug-likeness (QED) is 0.568. The third-order valence-corrected chi connectivity index (χ3v) is 4.24. The lowest BCUT2D eigenvalue weighted by atomic mass is 10.2. The zero-order valence-electron chi connectivity index (χ0n) is 14.8. The predicted molar refractivity (Wildman–Crippen MR) is 96.0 cm³/mol. The molecule has 1 aliphatic rings. The second-order valence-electron chi connectivity index (χ2n) is 6.15. The highest BCUT2D eigenvalue weighted by Crippen LogP contribution is 2.20. The van der Waals surface area contributed by atoms with Crippen molar-refractivity contribution in [3.63, 3.8) is 0 Å². The molecule has 0 aliphatic carbocycles. The van der Waals surface area contributed by atoms with Crippen molar-refractivity contribution in [1.82, 2.24) is 15.5 Å². The molecule has 1 aromatic carbocycles. The fourth-order valence-corrected chi connectivity index (χ4v) is 2.82. The first-order chi connectivity index (χ1) is 12.1. The number of carbonyl (C=O) groups is 2. The van der Waals surface area contributed by atoms with Gasteiger partial charge in [0.2, 0.25) is 0 Å². The average molecular weight is 350 g/mol. The third kappa shape index (κ3) is 6.01. The van der Waals surface area contributed by atoms with E-state index >= 15 is 0 Å². The molecule has 1 aliphatic heterocycles. The van der Waals surface area contributed by atoms with Gasteiger partial charge in [0.25, 0.3) is 0 Å². The first kappa shape index (κ1) is 19.2. The van der Waals surface area contributed by atoms with Gasteiger partial charge in [0.15, 0.2) is 0 Å². The molecule has 0 aromatic heterocycles. The van der Waals surface area contributed by atoms with Crippen molar-refractivity contribution in [3.8, 4) is 0 Å². The highest BCUT2D eigenvalue weighted by molar-refractivity contribution is 6.35. The van der Waals surface area contributed by atoms with Gasteiger partial charge in [-0.1, -0.05) is 19.1 Å². The summed E-state index contributed by atoms with van der Waals surface area (Å²) in [7, 11) is 0. The van der Waals surface area contributed by atoms with E-state index in [1.165, 1.54) is 6.07 Å². The highest BCUT2D eigenvalue weighted by atomic mass is 19.1. The molecule has 2 rings (SSSR count). The largest absolute Gasteiger partial charge is 0.367 e. The summed E-state index contributed by atoms with van der Waals surface area (Å²) in [5.41, 5.74) is 0.660. The normalized spacial score (nSPS) is 15.0. The maximum Gasteiger partial charge on any atom is 0.309 e. The number of piperazine rings is 1. The Morgan fingerprint density at radius 1 is 1.04 bits per heavy atom. The molecule has 0 spiro atoms. The van der Waals surface area contributed by atoms with Crippen LogP contribution in [0.5, 0.6) is 0 Å². The number of hydrogen-bond acceptors (Lipinski definition) is 4. The minimum Gasteiger partial charge on any atom is -0.367 e. The van der Waals surface area contributed by atoms with Crippen molar-refractivity contribution in [3.05, 3.63) is 30.1 Å². The van der Waals surface area contributed by atoms with E-state index in [0.717, 1.165) is 45.6 Å².